The number of rotatable bonds is 2. The molecule has 88 valence electrons. The zero-order valence-corrected chi connectivity index (χ0v) is 11.5. The molecule has 1 saturated heterocycles. The molecule has 0 amide bonds. The Morgan fingerprint density at radius 1 is 1.31 bits per heavy atom. The van der Waals surface area contributed by atoms with Crippen molar-refractivity contribution in [1.82, 2.24) is 0 Å². The van der Waals surface area contributed by atoms with Gasteiger partial charge in [-0.05, 0) is 45.5 Å². The van der Waals surface area contributed by atoms with Crippen LogP contribution in [0.15, 0.2) is 22.7 Å². The summed E-state index contributed by atoms with van der Waals surface area (Å²) >= 11 is 3.64. The fraction of sp³-hybridized carbons (Fsp3) is 0.538. The van der Waals surface area contributed by atoms with Crippen LogP contribution < -0.4 is 10.6 Å². The molecule has 1 fully saturated rings. The van der Waals surface area contributed by atoms with Gasteiger partial charge in [0.2, 0.25) is 0 Å². The molecule has 0 radical (unpaired) electrons. The Morgan fingerprint density at radius 2 is 1.94 bits per heavy atom. The first kappa shape index (κ1) is 11.9. The number of nitrogens with two attached hydrogens (primary N) is 1. The van der Waals surface area contributed by atoms with Gasteiger partial charge in [0, 0.05) is 24.1 Å². The molecule has 0 aliphatic carbocycles. The standard InChI is InChI=1S/C13H19BrN2/c1-9-7-16(8-10(9)2)13-4-3-11(6-15)5-12(13)14/h3-5,9-10H,6-8,15H2,1-2H3. The molecule has 0 aromatic heterocycles. The molecular weight excluding hydrogens is 264 g/mol. The Hall–Kier alpha value is -0.540. The summed E-state index contributed by atoms with van der Waals surface area (Å²) in [5, 5.41) is 0. The van der Waals surface area contributed by atoms with E-state index in [-0.39, 0.29) is 0 Å². The van der Waals surface area contributed by atoms with Gasteiger partial charge < -0.3 is 10.6 Å². The predicted molar refractivity (Wildman–Crippen MR) is 72.6 cm³/mol. The highest BCUT2D eigenvalue weighted by atomic mass is 79.9. The van der Waals surface area contributed by atoms with Crippen LogP contribution in [-0.4, -0.2) is 13.1 Å². The summed E-state index contributed by atoms with van der Waals surface area (Å²) in [4.78, 5) is 2.46. The molecule has 1 heterocycles. The van der Waals surface area contributed by atoms with Crippen LogP contribution in [-0.2, 0) is 6.54 Å². The summed E-state index contributed by atoms with van der Waals surface area (Å²) in [7, 11) is 0. The van der Waals surface area contributed by atoms with Crippen molar-refractivity contribution < 1.29 is 0 Å². The Balaban J connectivity index is 2.22. The van der Waals surface area contributed by atoms with Crippen molar-refractivity contribution in [3.8, 4) is 0 Å². The van der Waals surface area contributed by atoms with Crippen LogP contribution in [0, 0.1) is 11.8 Å². The van der Waals surface area contributed by atoms with E-state index in [9.17, 15) is 0 Å². The van der Waals surface area contributed by atoms with E-state index in [1.165, 1.54) is 11.3 Å². The second kappa shape index (κ2) is 4.76. The second-order valence-electron chi connectivity index (χ2n) is 4.85. The first-order chi connectivity index (χ1) is 7.61. The summed E-state index contributed by atoms with van der Waals surface area (Å²) in [5.74, 6) is 1.56. The van der Waals surface area contributed by atoms with Gasteiger partial charge in [-0.15, -0.1) is 0 Å². The van der Waals surface area contributed by atoms with Crippen molar-refractivity contribution in [2.45, 2.75) is 20.4 Å². The lowest BCUT2D eigenvalue weighted by molar-refractivity contribution is 0.494. The normalized spacial score (nSPS) is 25.1. The number of benzene rings is 1. The van der Waals surface area contributed by atoms with Gasteiger partial charge in [0.05, 0.1) is 5.69 Å². The van der Waals surface area contributed by atoms with Crippen LogP contribution in [0.2, 0.25) is 0 Å². The van der Waals surface area contributed by atoms with Crippen molar-refractivity contribution in [1.29, 1.82) is 0 Å². The van der Waals surface area contributed by atoms with Gasteiger partial charge in [-0.1, -0.05) is 19.9 Å². The molecule has 2 N–H and O–H groups in total. The molecule has 0 spiro atoms. The molecule has 2 rings (SSSR count). The third kappa shape index (κ3) is 2.25. The lowest BCUT2D eigenvalue weighted by atomic mass is 10.0. The van der Waals surface area contributed by atoms with E-state index in [4.69, 9.17) is 5.73 Å². The predicted octanol–water partition coefficient (Wildman–Crippen LogP) is 3.00. The van der Waals surface area contributed by atoms with Gasteiger partial charge in [0.25, 0.3) is 0 Å². The minimum atomic E-state index is 0.603. The van der Waals surface area contributed by atoms with Crippen LogP contribution in [0.3, 0.4) is 0 Å². The topological polar surface area (TPSA) is 29.3 Å². The average Bonchev–Trinajstić information content (AvgIpc) is 2.58. The third-order valence-corrected chi connectivity index (χ3v) is 4.21. The summed E-state index contributed by atoms with van der Waals surface area (Å²) in [5.41, 5.74) is 8.11. The minimum Gasteiger partial charge on any atom is -0.370 e. The molecule has 2 nitrogen and oxygen atoms in total. The number of anilines is 1. The van der Waals surface area contributed by atoms with Gasteiger partial charge >= 0.3 is 0 Å². The smallest absolute Gasteiger partial charge is 0.0511 e. The highest BCUT2D eigenvalue weighted by molar-refractivity contribution is 9.10. The number of halogens is 1. The number of hydrogen-bond acceptors (Lipinski definition) is 2. The molecule has 1 aromatic rings. The first-order valence-electron chi connectivity index (χ1n) is 5.85. The largest absolute Gasteiger partial charge is 0.370 e. The summed E-state index contributed by atoms with van der Waals surface area (Å²) < 4.78 is 1.16. The molecule has 16 heavy (non-hydrogen) atoms. The zero-order chi connectivity index (χ0) is 11.7. The molecule has 1 aromatic carbocycles. The van der Waals surface area contributed by atoms with Crippen LogP contribution in [0.1, 0.15) is 19.4 Å². The summed E-state index contributed by atoms with van der Waals surface area (Å²) in [6, 6.07) is 6.42. The lowest BCUT2D eigenvalue weighted by Crippen LogP contribution is -2.20. The fourth-order valence-corrected chi connectivity index (χ4v) is 2.94. The molecule has 3 heteroatoms. The van der Waals surface area contributed by atoms with Gasteiger partial charge in [0.1, 0.15) is 0 Å². The molecule has 1 aliphatic rings. The van der Waals surface area contributed by atoms with Crippen molar-refractivity contribution >= 4 is 21.6 Å². The van der Waals surface area contributed by atoms with E-state index >= 15 is 0 Å². The van der Waals surface area contributed by atoms with E-state index < -0.39 is 0 Å². The van der Waals surface area contributed by atoms with Crippen molar-refractivity contribution in [3.05, 3.63) is 28.2 Å². The third-order valence-electron chi connectivity index (χ3n) is 3.58. The van der Waals surface area contributed by atoms with Crippen LogP contribution in [0.25, 0.3) is 0 Å². The maximum absolute atomic E-state index is 5.63. The van der Waals surface area contributed by atoms with Gasteiger partial charge in [-0.2, -0.15) is 0 Å². The summed E-state index contributed by atoms with van der Waals surface area (Å²) in [6.45, 7) is 7.56. The second-order valence-corrected chi connectivity index (χ2v) is 5.70. The van der Waals surface area contributed by atoms with Crippen molar-refractivity contribution in [2.24, 2.45) is 17.6 Å². The van der Waals surface area contributed by atoms with Crippen molar-refractivity contribution in [2.75, 3.05) is 18.0 Å². The van der Waals surface area contributed by atoms with Gasteiger partial charge in [-0.3, -0.25) is 0 Å². The first-order valence-corrected chi connectivity index (χ1v) is 6.64. The van der Waals surface area contributed by atoms with Crippen LogP contribution in [0.4, 0.5) is 5.69 Å². The van der Waals surface area contributed by atoms with E-state index in [0.29, 0.717) is 6.54 Å². The van der Waals surface area contributed by atoms with E-state index in [0.717, 1.165) is 29.4 Å². The highest BCUT2D eigenvalue weighted by Crippen LogP contribution is 2.33. The molecule has 0 bridgehead atoms. The minimum absolute atomic E-state index is 0.603. The summed E-state index contributed by atoms with van der Waals surface area (Å²) in [6.07, 6.45) is 0. The Morgan fingerprint density at radius 3 is 2.44 bits per heavy atom. The highest BCUT2D eigenvalue weighted by Gasteiger charge is 2.26. The van der Waals surface area contributed by atoms with Gasteiger partial charge in [0.15, 0.2) is 0 Å². The lowest BCUT2D eigenvalue weighted by Gasteiger charge is -2.20. The quantitative estimate of drug-likeness (QED) is 0.904. The fourth-order valence-electron chi connectivity index (χ4n) is 2.26. The number of nitrogens with zero attached hydrogens (tertiary/aromatic N) is 1. The monoisotopic (exact) mass is 282 g/mol. The zero-order valence-electron chi connectivity index (χ0n) is 9.91. The average molecular weight is 283 g/mol. The van der Waals surface area contributed by atoms with Gasteiger partial charge in [-0.25, -0.2) is 0 Å². The Labute approximate surface area is 106 Å². The molecule has 1 aliphatic heterocycles. The van der Waals surface area contributed by atoms with Crippen LogP contribution in [0.5, 0.6) is 0 Å². The molecule has 2 atom stereocenters. The SMILES string of the molecule is CC1CN(c2ccc(CN)cc2Br)CC1C. The Kier molecular flexibility index (Phi) is 3.55. The maximum atomic E-state index is 5.63. The van der Waals surface area contributed by atoms with E-state index in [1.54, 1.807) is 0 Å². The maximum Gasteiger partial charge on any atom is 0.0511 e. The van der Waals surface area contributed by atoms with E-state index in [1.807, 2.05) is 0 Å². The number of hydrogen-bond donors (Lipinski definition) is 1. The molecule has 0 saturated carbocycles. The molecular formula is C13H19BrN2. The van der Waals surface area contributed by atoms with Crippen molar-refractivity contribution in [3.63, 3.8) is 0 Å². The Bertz CT molecular complexity index is 368. The molecule has 2 unspecified atom stereocenters. The van der Waals surface area contributed by atoms with E-state index in [2.05, 4.69) is 52.9 Å². The van der Waals surface area contributed by atoms with Crippen LogP contribution >= 0.6 is 15.9 Å².